The van der Waals surface area contributed by atoms with Crippen LogP contribution in [0, 0.1) is 0 Å². The van der Waals surface area contributed by atoms with Gasteiger partial charge in [0.1, 0.15) is 23.2 Å². The zero-order valence-electron chi connectivity index (χ0n) is 21.0. The lowest BCUT2D eigenvalue weighted by atomic mass is 10.1. The topological polar surface area (TPSA) is 20.2 Å². The summed E-state index contributed by atoms with van der Waals surface area (Å²) in [5.74, 6) is 0. The second-order valence-corrected chi connectivity index (χ2v) is 13.1. The summed E-state index contributed by atoms with van der Waals surface area (Å²) in [6.07, 6.45) is 16.9. The monoisotopic (exact) mass is 475 g/mol. The van der Waals surface area contributed by atoms with Crippen LogP contribution in [0.1, 0.15) is 77.0 Å². The van der Waals surface area contributed by atoms with Gasteiger partial charge in [0.25, 0.3) is 0 Å². The summed E-state index contributed by atoms with van der Waals surface area (Å²) in [5.41, 5.74) is 0. The van der Waals surface area contributed by atoms with Gasteiger partial charge in [-0.15, -0.1) is 0 Å². The van der Waals surface area contributed by atoms with Gasteiger partial charge in [0, 0.05) is 6.61 Å². The summed E-state index contributed by atoms with van der Waals surface area (Å²) in [5, 5.41) is 13.4. The first-order chi connectivity index (χ1) is 16.9. The fraction of sp³-hybridized carbons (Fsp3) is 0.438. The van der Waals surface area contributed by atoms with E-state index in [1.807, 2.05) is 0 Å². The lowest BCUT2D eigenvalue weighted by Crippen LogP contribution is -2.33. The van der Waals surface area contributed by atoms with Crippen LogP contribution >= 0.6 is 7.26 Å². The highest BCUT2D eigenvalue weighted by Gasteiger charge is 2.44. The maximum Gasteiger partial charge on any atom is 0.112 e. The Morgan fingerprint density at radius 1 is 0.382 bits per heavy atom. The Morgan fingerprint density at radius 2 is 0.676 bits per heavy atom. The summed E-state index contributed by atoms with van der Waals surface area (Å²) < 4.78 is 0. The zero-order chi connectivity index (χ0) is 23.7. The molecular weight excluding hydrogens is 431 g/mol. The van der Waals surface area contributed by atoms with E-state index in [0.717, 1.165) is 6.42 Å². The van der Waals surface area contributed by atoms with Crippen molar-refractivity contribution in [2.45, 2.75) is 77.0 Å². The molecule has 0 atom stereocenters. The molecular formula is C32H44OP+. The first-order valence-electron chi connectivity index (χ1n) is 13.5. The SMILES string of the molecule is OCCCCCCCCCCCCCC[P+](c1ccccc1)(c1ccccc1)c1ccccc1. The van der Waals surface area contributed by atoms with Crippen LogP contribution in [0.5, 0.6) is 0 Å². The molecule has 2 heteroatoms. The number of aliphatic hydroxyl groups is 1. The summed E-state index contributed by atoms with van der Waals surface area (Å²) >= 11 is 0. The predicted molar refractivity (Wildman–Crippen MR) is 153 cm³/mol. The van der Waals surface area contributed by atoms with E-state index in [-0.39, 0.29) is 0 Å². The van der Waals surface area contributed by atoms with Crippen molar-refractivity contribution in [3.05, 3.63) is 91.0 Å². The molecule has 0 saturated heterocycles. The number of benzene rings is 3. The van der Waals surface area contributed by atoms with Gasteiger partial charge in [-0.1, -0.05) is 112 Å². The summed E-state index contributed by atoms with van der Waals surface area (Å²) in [6, 6.07) is 33.8. The van der Waals surface area contributed by atoms with Crippen LogP contribution in [-0.2, 0) is 0 Å². The van der Waals surface area contributed by atoms with E-state index in [9.17, 15) is 0 Å². The van der Waals surface area contributed by atoms with Crippen molar-refractivity contribution in [1.29, 1.82) is 0 Å². The molecule has 0 saturated carbocycles. The third-order valence-corrected chi connectivity index (χ3v) is 11.5. The largest absolute Gasteiger partial charge is 0.396 e. The van der Waals surface area contributed by atoms with Gasteiger partial charge in [-0.3, -0.25) is 0 Å². The maximum atomic E-state index is 8.85. The van der Waals surface area contributed by atoms with Crippen molar-refractivity contribution in [3.63, 3.8) is 0 Å². The first kappa shape index (κ1) is 26.7. The Hall–Kier alpha value is -1.95. The van der Waals surface area contributed by atoms with E-state index in [2.05, 4.69) is 91.0 Å². The molecule has 182 valence electrons. The number of unbranched alkanes of at least 4 members (excludes halogenated alkanes) is 11. The molecule has 0 aliphatic heterocycles. The van der Waals surface area contributed by atoms with Crippen molar-refractivity contribution in [3.8, 4) is 0 Å². The molecule has 1 N–H and O–H groups in total. The van der Waals surface area contributed by atoms with Gasteiger partial charge in [-0.05, 0) is 55.7 Å². The molecule has 1 nitrogen and oxygen atoms in total. The molecule has 3 aromatic carbocycles. The minimum absolute atomic E-state index is 0.352. The van der Waals surface area contributed by atoms with Gasteiger partial charge in [0.05, 0.1) is 6.16 Å². The normalized spacial score (nSPS) is 11.6. The van der Waals surface area contributed by atoms with Crippen LogP contribution in [-0.4, -0.2) is 17.9 Å². The Kier molecular flexibility index (Phi) is 12.4. The molecule has 0 aliphatic rings. The summed E-state index contributed by atoms with van der Waals surface area (Å²) in [4.78, 5) is 0. The Morgan fingerprint density at radius 3 is 1.00 bits per heavy atom. The van der Waals surface area contributed by atoms with Crippen LogP contribution in [0.15, 0.2) is 91.0 Å². The molecule has 0 aromatic heterocycles. The lowest BCUT2D eigenvalue weighted by Gasteiger charge is -2.27. The Labute approximate surface area is 209 Å². The second kappa shape index (κ2) is 15.9. The van der Waals surface area contributed by atoms with Gasteiger partial charge >= 0.3 is 0 Å². The minimum Gasteiger partial charge on any atom is -0.396 e. The van der Waals surface area contributed by atoms with Crippen molar-refractivity contribution in [2.75, 3.05) is 12.8 Å². The van der Waals surface area contributed by atoms with Crippen LogP contribution in [0.25, 0.3) is 0 Å². The fourth-order valence-electron chi connectivity index (χ4n) is 5.11. The summed E-state index contributed by atoms with van der Waals surface area (Å²) in [6.45, 7) is 0.352. The van der Waals surface area contributed by atoms with E-state index in [1.165, 1.54) is 92.7 Å². The molecule has 0 bridgehead atoms. The first-order valence-corrected chi connectivity index (χ1v) is 15.5. The average Bonchev–Trinajstić information content (AvgIpc) is 2.91. The highest BCUT2D eigenvalue weighted by Crippen LogP contribution is 2.55. The highest BCUT2D eigenvalue weighted by atomic mass is 31.2. The molecule has 0 heterocycles. The number of hydrogen-bond acceptors (Lipinski definition) is 1. The van der Waals surface area contributed by atoms with E-state index >= 15 is 0 Å². The van der Waals surface area contributed by atoms with Crippen LogP contribution in [0.3, 0.4) is 0 Å². The quantitative estimate of drug-likeness (QED) is 0.157. The number of aliphatic hydroxyl groups excluding tert-OH is 1. The van der Waals surface area contributed by atoms with Gasteiger partial charge in [-0.25, -0.2) is 0 Å². The predicted octanol–water partition coefficient (Wildman–Crippen LogP) is 7.65. The summed E-state index contributed by atoms with van der Waals surface area (Å²) in [7, 11) is -1.65. The third-order valence-electron chi connectivity index (χ3n) is 6.99. The Balaban J connectivity index is 1.54. The van der Waals surface area contributed by atoms with Gasteiger partial charge < -0.3 is 5.11 Å². The molecule has 0 unspecified atom stereocenters. The van der Waals surface area contributed by atoms with Crippen LogP contribution in [0.2, 0.25) is 0 Å². The zero-order valence-corrected chi connectivity index (χ0v) is 21.8. The molecule has 34 heavy (non-hydrogen) atoms. The van der Waals surface area contributed by atoms with Crippen LogP contribution in [0.4, 0.5) is 0 Å². The molecule has 0 radical (unpaired) electrons. The molecule has 0 fully saturated rings. The average molecular weight is 476 g/mol. The van der Waals surface area contributed by atoms with E-state index in [0.29, 0.717) is 6.61 Å². The van der Waals surface area contributed by atoms with Crippen molar-refractivity contribution >= 4 is 23.2 Å². The van der Waals surface area contributed by atoms with Crippen molar-refractivity contribution in [2.24, 2.45) is 0 Å². The van der Waals surface area contributed by atoms with E-state index in [1.54, 1.807) is 0 Å². The second-order valence-electron chi connectivity index (χ2n) is 9.51. The molecule has 0 spiro atoms. The maximum absolute atomic E-state index is 8.85. The molecule has 3 aromatic rings. The van der Waals surface area contributed by atoms with Gasteiger partial charge in [0.2, 0.25) is 0 Å². The van der Waals surface area contributed by atoms with Gasteiger partial charge in [-0.2, -0.15) is 0 Å². The minimum atomic E-state index is -1.65. The third kappa shape index (κ3) is 8.07. The van der Waals surface area contributed by atoms with Gasteiger partial charge in [0.15, 0.2) is 0 Å². The van der Waals surface area contributed by atoms with Crippen LogP contribution < -0.4 is 15.9 Å². The van der Waals surface area contributed by atoms with Crippen molar-refractivity contribution in [1.82, 2.24) is 0 Å². The number of rotatable bonds is 17. The molecule has 0 amide bonds. The van der Waals surface area contributed by atoms with Crippen molar-refractivity contribution < 1.29 is 5.11 Å². The highest BCUT2D eigenvalue weighted by molar-refractivity contribution is 7.95. The Bertz CT molecular complexity index is 782. The lowest BCUT2D eigenvalue weighted by molar-refractivity contribution is 0.282. The van der Waals surface area contributed by atoms with E-state index in [4.69, 9.17) is 5.11 Å². The number of hydrogen-bond donors (Lipinski definition) is 1. The standard InChI is InChI=1S/C32H44OP/c33-28-20-9-7-5-3-1-2-4-6-8-10-21-29-34(30-22-14-11-15-23-30,31-24-16-12-17-25-31)32-26-18-13-19-27-32/h11-19,22-27,33H,1-10,20-21,28-29H2/q+1. The molecule has 0 aliphatic carbocycles. The fourth-order valence-corrected chi connectivity index (χ4v) is 9.52. The molecule has 3 rings (SSSR count). The smallest absolute Gasteiger partial charge is 0.112 e. The van der Waals surface area contributed by atoms with E-state index < -0.39 is 7.26 Å².